The fourth-order valence-corrected chi connectivity index (χ4v) is 5.10. The standard InChI is InChI=1S/C21H11Cl6FN4O2/c22-9-3-8(4-10(23)5-9)15-16(21(15,26)27)19(34)30-11-1-2-13(24)12(6-11)18(33)32-20-29-7-14(28)17(25)31-20/h1-7,15-16H,(H,30,34)(H,29,31,32,33). The van der Waals surface area contributed by atoms with Crippen molar-refractivity contribution in [3.05, 3.63) is 79.8 Å². The average Bonchev–Trinajstić information content (AvgIpc) is 3.33. The Labute approximate surface area is 222 Å². The highest BCUT2D eigenvalue weighted by Crippen LogP contribution is 2.65. The van der Waals surface area contributed by atoms with Gasteiger partial charge in [0.05, 0.1) is 22.7 Å². The van der Waals surface area contributed by atoms with E-state index in [0.717, 1.165) is 6.20 Å². The second-order valence-electron chi connectivity index (χ2n) is 7.30. The van der Waals surface area contributed by atoms with Crippen LogP contribution in [0.25, 0.3) is 0 Å². The molecule has 2 N–H and O–H groups in total. The third-order valence-electron chi connectivity index (χ3n) is 4.99. The van der Waals surface area contributed by atoms with Crippen molar-refractivity contribution in [1.82, 2.24) is 9.97 Å². The quantitative estimate of drug-likeness (QED) is 0.250. The normalized spacial score (nSPS) is 18.3. The number of alkyl halides is 2. The summed E-state index contributed by atoms with van der Waals surface area (Å²) >= 11 is 36.6. The molecule has 2 unspecified atom stereocenters. The topological polar surface area (TPSA) is 84.0 Å². The Morgan fingerprint density at radius 3 is 2.29 bits per heavy atom. The van der Waals surface area contributed by atoms with Crippen LogP contribution in [0.5, 0.6) is 0 Å². The lowest BCUT2D eigenvalue weighted by molar-refractivity contribution is -0.117. The lowest BCUT2D eigenvalue weighted by Gasteiger charge is -2.10. The summed E-state index contributed by atoms with van der Waals surface area (Å²) < 4.78 is 11.9. The molecule has 3 aromatic rings. The Bertz CT molecular complexity index is 1300. The van der Waals surface area contributed by atoms with Crippen LogP contribution >= 0.6 is 69.6 Å². The van der Waals surface area contributed by atoms with E-state index in [1.165, 1.54) is 18.2 Å². The maximum atomic E-state index is 13.2. The molecule has 2 aromatic carbocycles. The molecule has 1 heterocycles. The molecule has 0 aliphatic heterocycles. The number of anilines is 2. The number of carbonyl (C=O) groups is 2. The van der Waals surface area contributed by atoms with Crippen LogP contribution in [0.1, 0.15) is 21.8 Å². The van der Waals surface area contributed by atoms with Crippen molar-refractivity contribution < 1.29 is 14.0 Å². The highest BCUT2D eigenvalue weighted by Gasteiger charge is 2.67. The van der Waals surface area contributed by atoms with Crippen molar-refractivity contribution in [2.45, 2.75) is 10.3 Å². The lowest BCUT2D eigenvalue weighted by Crippen LogP contribution is -2.19. The molecule has 2 amide bonds. The molecule has 1 saturated carbocycles. The molecular formula is C21H11Cl6FN4O2. The highest BCUT2D eigenvalue weighted by molar-refractivity contribution is 6.53. The van der Waals surface area contributed by atoms with Crippen molar-refractivity contribution in [3.63, 3.8) is 0 Å². The zero-order chi connectivity index (χ0) is 24.8. The van der Waals surface area contributed by atoms with Crippen LogP contribution in [0.4, 0.5) is 16.0 Å². The molecule has 6 nitrogen and oxygen atoms in total. The first kappa shape index (κ1) is 25.2. The Kier molecular flexibility index (Phi) is 7.16. The van der Waals surface area contributed by atoms with Crippen molar-refractivity contribution in [2.75, 3.05) is 10.6 Å². The summed E-state index contributed by atoms with van der Waals surface area (Å²) in [5, 5.41) is 5.44. The summed E-state index contributed by atoms with van der Waals surface area (Å²) in [7, 11) is 0. The van der Waals surface area contributed by atoms with Gasteiger partial charge in [-0.1, -0.05) is 46.4 Å². The highest BCUT2D eigenvalue weighted by atomic mass is 35.5. The van der Waals surface area contributed by atoms with E-state index < -0.39 is 39.0 Å². The first-order chi connectivity index (χ1) is 16.0. The van der Waals surface area contributed by atoms with E-state index in [1.54, 1.807) is 18.2 Å². The van der Waals surface area contributed by atoms with Gasteiger partial charge in [0, 0.05) is 21.7 Å². The lowest BCUT2D eigenvalue weighted by atomic mass is 10.1. The molecule has 13 heteroatoms. The third-order valence-corrected chi connectivity index (χ3v) is 6.96. The van der Waals surface area contributed by atoms with Crippen molar-refractivity contribution >= 4 is 93.1 Å². The number of rotatable bonds is 5. The zero-order valence-electron chi connectivity index (χ0n) is 16.6. The summed E-state index contributed by atoms with van der Waals surface area (Å²) in [6.45, 7) is 0. The Balaban J connectivity index is 1.51. The molecule has 0 radical (unpaired) electrons. The van der Waals surface area contributed by atoms with Crippen LogP contribution in [0.3, 0.4) is 0 Å². The number of amides is 2. The molecule has 1 fully saturated rings. The van der Waals surface area contributed by atoms with Gasteiger partial charge in [0.25, 0.3) is 5.91 Å². The van der Waals surface area contributed by atoms with E-state index in [0.29, 0.717) is 15.6 Å². The SMILES string of the molecule is O=C(Nc1ncc(F)c(Cl)n1)c1cc(NC(=O)C2C(c3cc(Cl)cc(Cl)c3)C2(Cl)Cl)ccc1Cl. The summed E-state index contributed by atoms with van der Waals surface area (Å²) in [5.74, 6) is -3.58. The number of nitrogens with zero attached hydrogens (tertiary/aromatic N) is 2. The van der Waals surface area contributed by atoms with Gasteiger partial charge in [-0.2, -0.15) is 4.98 Å². The number of carbonyl (C=O) groups excluding carboxylic acids is 2. The van der Waals surface area contributed by atoms with Crippen molar-refractivity contribution in [1.29, 1.82) is 0 Å². The van der Waals surface area contributed by atoms with Gasteiger partial charge in [0.15, 0.2) is 11.0 Å². The van der Waals surface area contributed by atoms with Crippen LogP contribution in [-0.2, 0) is 4.79 Å². The largest absolute Gasteiger partial charge is 0.326 e. The van der Waals surface area contributed by atoms with E-state index in [9.17, 15) is 14.0 Å². The number of halogens is 7. The van der Waals surface area contributed by atoms with E-state index in [1.807, 2.05) is 0 Å². The number of hydrogen-bond acceptors (Lipinski definition) is 4. The van der Waals surface area contributed by atoms with E-state index in [4.69, 9.17) is 69.6 Å². The zero-order valence-corrected chi connectivity index (χ0v) is 21.1. The smallest absolute Gasteiger partial charge is 0.259 e. The molecule has 1 aliphatic rings. The first-order valence-electron chi connectivity index (χ1n) is 9.41. The molecule has 0 bridgehead atoms. The minimum absolute atomic E-state index is 0.000458. The number of nitrogens with one attached hydrogen (secondary N) is 2. The monoisotopic (exact) mass is 580 g/mol. The Morgan fingerprint density at radius 1 is 0.971 bits per heavy atom. The fourth-order valence-electron chi connectivity index (χ4n) is 3.39. The van der Waals surface area contributed by atoms with Gasteiger partial charge in [-0.3, -0.25) is 14.9 Å². The predicted octanol–water partition coefficient (Wildman–Crippen LogP) is 7.01. The second kappa shape index (κ2) is 9.64. The summed E-state index contributed by atoms with van der Waals surface area (Å²) in [6, 6.07) is 9.09. The second-order valence-corrected chi connectivity index (χ2v) is 10.4. The van der Waals surface area contributed by atoms with Gasteiger partial charge in [-0.05, 0) is 42.0 Å². The van der Waals surface area contributed by atoms with E-state index in [2.05, 4.69) is 20.6 Å². The number of hydrogen-bond donors (Lipinski definition) is 2. The van der Waals surface area contributed by atoms with Crippen LogP contribution in [0, 0.1) is 11.7 Å². The van der Waals surface area contributed by atoms with Crippen LogP contribution in [0.2, 0.25) is 20.2 Å². The van der Waals surface area contributed by atoms with Gasteiger partial charge in [0.2, 0.25) is 11.9 Å². The van der Waals surface area contributed by atoms with E-state index >= 15 is 0 Å². The molecule has 0 spiro atoms. The number of aromatic nitrogens is 2. The predicted molar refractivity (Wildman–Crippen MR) is 132 cm³/mol. The third kappa shape index (κ3) is 5.20. The summed E-state index contributed by atoms with van der Waals surface area (Å²) in [4.78, 5) is 32.8. The van der Waals surface area contributed by atoms with Crippen LogP contribution < -0.4 is 10.6 Å². The van der Waals surface area contributed by atoms with Gasteiger partial charge in [0.1, 0.15) is 4.33 Å². The molecule has 1 aromatic heterocycles. The average molecular weight is 583 g/mol. The molecule has 34 heavy (non-hydrogen) atoms. The Hall–Kier alpha value is -1.87. The molecule has 176 valence electrons. The fraction of sp³-hybridized carbons (Fsp3) is 0.143. The van der Waals surface area contributed by atoms with Crippen LogP contribution in [-0.4, -0.2) is 26.1 Å². The van der Waals surface area contributed by atoms with Gasteiger partial charge < -0.3 is 5.32 Å². The van der Waals surface area contributed by atoms with Crippen molar-refractivity contribution in [3.8, 4) is 0 Å². The molecule has 1 aliphatic carbocycles. The minimum Gasteiger partial charge on any atom is -0.326 e. The van der Waals surface area contributed by atoms with E-state index in [-0.39, 0.29) is 22.2 Å². The number of benzene rings is 2. The van der Waals surface area contributed by atoms with Gasteiger partial charge in [-0.15, -0.1) is 23.2 Å². The minimum atomic E-state index is -1.37. The maximum Gasteiger partial charge on any atom is 0.259 e. The Morgan fingerprint density at radius 2 is 1.65 bits per heavy atom. The first-order valence-corrected chi connectivity index (χ1v) is 11.7. The van der Waals surface area contributed by atoms with Crippen LogP contribution in [0.15, 0.2) is 42.6 Å². The van der Waals surface area contributed by atoms with Crippen molar-refractivity contribution in [2.24, 2.45) is 5.92 Å². The summed E-state index contributed by atoms with van der Waals surface area (Å²) in [5.41, 5.74) is 0.883. The maximum absolute atomic E-state index is 13.2. The molecule has 4 rings (SSSR count). The molecule has 0 saturated heterocycles. The molecule has 2 atom stereocenters. The van der Waals surface area contributed by atoms with Gasteiger partial charge >= 0.3 is 0 Å². The van der Waals surface area contributed by atoms with Gasteiger partial charge in [-0.25, -0.2) is 9.37 Å². The molecular weight excluding hydrogens is 572 g/mol. The summed E-state index contributed by atoms with van der Waals surface area (Å²) in [6.07, 6.45) is 0.812.